The van der Waals surface area contributed by atoms with E-state index < -0.39 is 17.7 Å². The van der Waals surface area contributed by atoms with Crippen molar-refractivity contribution < 1.29 is 14.9 Å². The van der Waals surface area contributed by atoms with Crippen LogP contribution in [-0.2, 0) is 4.74 Å². The molecule has 1 aliphatic heterocycles. The Morgan fingerprint density at radius 3 is 2.89 bits per heavy atom. The van der Waals surface area contributed by atoms with Crippen molar-refractivity contribution in [3.05, 3.63) is 12.2 Å². The van der Waals surface area contributed by atoms with E-state index in [2.05, 4.69) is 12.8 Å². The van der Waals surface area contributed by atoms with Crippen molar-refractivity contribution in [3.63, 3.8) is 0 Å². The standard InChI is InChI=1S/C23H35NO3S/c1-4-7-8-11-18(25)13-14-19-20-15-17(10-9-12-22(28)27-6-3)24-23(20,5-2)16-21(19)26/h2,13-14,18-21,25-26H,4,6-12,15-16H2,1,3H3/t18-,19?,20?,21?,23?/m0/s1. The third kappa shape index (κ3) is 5.89. The molecule has 0 bridgehead atoms. The highest BCUT2D eigenvalue weighted by Crippen LogP contribution is 2.49. The molecule has 0 spiro atoms. The summed E-state index contributed by atoms with van der Waals surface area (Å²) in [6, 6.07) is 0. The Labute approximate surface area is 175 Å². The Morgan fingerprint density at radius 1 is 1.43 bits per heavy atom. The fraction of sp³-hybridized carbons (Fsp3) is 0.739. The fourth-order valence-electron chi connectivity index (χ4n) is 4.45. The van der Waals surface area contributed by atoms with Gasteiger partial charge in [-0.1, -0.05) is 44.3 Å². The fourth-order valence-corrected chi connectivity index (χ4v) is 4.71. The van der Waals surface area contributed by atoms with Crippen LogP contribution in [0.25, 0.3) is 0 Å². The van der Waals surface area contributed by atoms with Crippen molar-refractivity contribution >= 4 is 23.0 Å². The summed E-state index contributed by atoms with van der Waals surface area (Å²) in [4.78, 5) is 4.87. The Balaban J connectivity index is 1.95. The highest BCUT2D eigenvalue weighted by molar-refractivity contribution is 7.80. The molecule has 5 atom stereocenters. The molecule has 0 aromatic heterocycles. The van der Waals surface area contributed by atoms with Crippen molar-refractivity contribution in [2.24, 2.45) is 16.8 Å². The Kier molecular flexibility index (Phi) is 9.14. The van der Waals surface area contributed by atoms with E-state index in [-0.39, 0.29) is 11.8 Å². The highest BCUT2D eigenvalue weighted by Gasteiger charge is 2.54. The monoisotopic (exact) mass is 405 g/mol. The minimum atomic E-state index is -0.600. The summed E-state index contributed by atoms with van der Waals surface area (Å²) in [6.07, 6.45) is 16.6. The summed E-state index contributed by atoms with van der Waals surface area (Å²) in [7, 11) is 0. The lowest BCUT2D eigenvalue weighted by Gasteiger charge is -2.22. The average molecular weight is 406 g/mol. The van der Waals surface area contributed by atoms with E-state index >= 15 is 0 Å². The molecule has 1 saturated carbocycles. The van der Waals surface area contributed by atoms with E-state index in [1.807, 2.05) is 19.1 Å². The Bertz CT molecular complexity index is 624. The van der Waals surface area contributed by atoms with E-state index in [4.69, 9.17) is 28.4 Å². The second kappa shape index (κ2) is 11.1. The molecule has 0 aromatic carbocycles. The van der Waals surface area contributed by atoms with Gasteiger partial charge in [-0.15, -0.1) is 6.42 Å². The predicted octanol–water partition coefficient (Wildman–Crippen LogP) is 4.23. The number of hydrogen-bond donors (Lipinski definition) is 2. The lowest BCUT2D eigenvalue weighted by atomic mass is 9.82. The number of ether oxygens (including phenoxy) is 1. The zero-order chi connectivity index (χ0) is 20.6. The first-order valence-corrected chi connectivity index (χ1v) is 11.1. The van der Waals surface area contributed by atoms with Crippen LogP contribution in [0.5, 0.6) is 0 Å². The zero-order valence-corrected chi connectivity index (χ0v) is 18.1. The molecule has 28 heavy (non-hydrogen) atoms. The van der Waals surface area contributed by atoms with Crippen LogP contribution in [0, 0.1) is 24.2 Å². The van der Waals surface area contributed by atoms with Crippen molar-refractivity contribution in [1.29, 1.82) is 0 Å². The normalized spacial score (nSPS) is 30.1. The van der Waals surface area contributed by atoms with E-state index in [0.29, 0.717) is 18.1 Å². The van der Waals surface area contributed by atoms with Crippen LogP contribution >= 0.6 is 12.2 Å². The lowest BCUT2D eigenvalue weighted by Crippen LogP contribution is -2.27. The first-order chi connectivity index (χ1) is 13.5. The van der Waals surface area contributed by atoms with Gasteiger partial charge in [-0.25, -0.2) is 0 Å². The van der Waals surface area contributed by atoms with Gasteiger partial charge in [0.05, 0.1) is 18.8 Å². The molecule has 5 heteroatoms. The average Bonchev–Trinajstić information content (AvgIpc) is 3.12. The number of hydrogen-bond acceptors (Lipinski definition) is 5. The first kappa shape index (κ1) is 23.1. The topological polar surface area (TPSA) is 62.0 Å². The van der Waals surface area contributed by atoms with Gasteiger partial charge in [-0.3, -0.25) is 4.99 Å². The number of rotatable bonds is 11. The largest absolute Gasteiger partial charge is 0.487 e. The van der Waals surface area contributed by atoms with Crippen LogP contribution in [0.15, 0.2) is 17.1 Å². The van der Waals surface area contributed by atoms with Crippen molar-refractivity contribution in [1.82, 2.24) is 0 Å². The third-order valence-electron chi connectivity index (χ3n) is 5.92. The Hall–Kier alpha value is -1.22. The van der Waals surface area contributed by atoms with Crippen molar-refractivity contribution in [2.45, 2.75) is 89.4 Å². The molecule has 1 fully saturated rings. The number of fused-ring (bicyclic) bond motifs is 1. The smallest absolute Gasteiger partial charge is 0.159 e. The molecular formula is C23H35NO3S. The van der Waals surface area contributed by atoms with Crippen LogP contribution in [0.1, 0.15) is 71.6 Å². The summed E-state index contributed by atoms with van der Waals surface area (Å²) in [5.74, 6) is 2.94. The zero-order valence-electron chi connectivity index (χ0n) is 17.3. The second-order valence-corrected chi connectivity index (χ2v) is 8.47. The van der Waals surface area contributed by atoms with Crippen LogP contribution in [0.3, 0.4) is 0 Å². The number of terminal acetylenes is 1. The maximum absolute atomic E-state index is 10.6. The molecule has 0 radical (unpaired) electrons. The van der Waals surface area contributed by atoms with E-state index in [1.54, 1.807) is 0 Å². The van der Waals surface area contributed by atoms with Gasteiger partial charge in [0.25, 0.3) is 0 Å². The first-order valence-electron chi connectivity index (χ1n) is 10.7. The molecule has 1 aliphatic carbocycles. The van der Waals surface area contributed by atoms with E-state index in [1.165, 1.54) is 0 Å². The van der Waals surface area contributed by atoms with Gasteiger partial charge < -0.3 is 14.9 Å². The van der Waals surface area contributed by atoms with Gasteiger partial charge in [-0.2, -0.15) is 0 Å². The summed E-state index contributed by atoms with van der Waals surface area (Å²) in [5, 5.41) is 21.4. The van der Waals surface area contributed by atoms with Crippen LogP contribution < -0.4 is 0 Å². The molecule has 2 rings (SSSR count). The van der Waals surface area contributed by atoms with Crippen LogP contribution in [0.2, 0.25) is 0 Å². The van der Waals surface area contributed by atoms with Crippen LogP contribution in [-0.4, -0.2) is 45.3 Å². The van der Waals surface area contributed by atoms with Crippen molar-refractivity contribution in [3.8, 4) is 12.3 Å². The van der Waals surface area contributed by atoms with Crippen LogP contribution in [0.4, 0.5) is 0 Å². The number of thiocarbonyl (C=S) groups is 1. The molecule has 0 amide bonds. The highest BCUT2D eigenvalue weighted by atomic mass is 32.1. The molecule has 1 heterocycles. The van der Waals surface area contributed by atoms with Gasteiger partial charge >= 0.3 is 0 Å². The van der Waals surface area contributed by atoms with Gasteiger partial charge in [-0.05, 0) is 44.8 Å². The molecule has 0 saturated heterocycles. The quantitative estimate of drug-likeness (QED) is 0.234. The van der Waals surface area contributed by atoms with Gasteiger partial charge in [0.2, 0.25) is 0 Å². The molecule has 4 unspecified atom stereocenters. The number of unbranched alkanes of at least 4 members (excludes halogenated alkanes) is 2. The van der Waals surface area contributed by atoms with Gasteiger partial charge in [0, 0.05) is 30.4 Å². The number of aliphatic hydroxyl groups excluding tert-OH is 2. The van der Waals surface area contributed by atoms with Gasteiger partial charge in [0.15, 0.2) is 5.05 Å². The van der Waals surface area contributed by atoms with Crippen molar-refractivity contribution in [2.75, 3.05) is 6.61 Å². The SMILES string of the molecule is C#CC12CC(O)C(C=C[C@@H](O)CCCCC)C1CC(CCCC(=S)OCC)=N2. The van der Waals surface area contributed by atoms with E-state index in [9.17, 15) is 10.2 Å². The third-order valence-corrected chi connectivity index (χ3v) is 6.24. The number of aliphatic imine (C=N–C) groups is 1. The molecular weight excluding hydrogens is 370 g/mol. The maximum atomic E-state index is 10.6. The molecule has 2 N–H and O–H groups in total. The predicted molar refractivity (Wildman–Crippen MR) is 119 cm³/mol. The number of aliphatic hydroxyl groups is 2. The summed E-state index contributed by atoms with van der Waals surface area (Å²) >= 11 is 5.19. The molecule has 0 aromatic rings. The molecule has 2 aliphatic rings. The molecule has 4 nitrogen and oxygen atoms in total. The number of nitrogens with zero attached hydrogens (tertiary/aromatic N) is 1. The lowest BCUT2D eigenvalue weighted by molar-refractivity contribution is 0.140. The minimum Gasteiger partial charge on any atom is -0.487 e. The second-order valence-electron chi connectivity index (χ2n) is 8.01. The van der Waals surface area contributed by atoms with Gasteiger partial charge in [0.1, 0.15) is 5.54 Å². The minimum absolute atomic E-state index is 0.0531. The Morgan fingerprint density at radius 2 is 2.21 bits per heavy atom. The molecule has 156 valence electrons. The summed E-state index contributed by atoms with van der Waals surface area (Å²) < 4.78 is 5.34. The maximum Gasteiger partial charge on any atom is 0.159 e. The summed E-state index contributed by atoms with van der Waals surface area (Å²) in [6.45, 7) is 4.70. The van der Waals surface area contributed by atoms with E-state index in [0.717, 1.165) is 57.1 Å². The summed E-state index contributed by atoms with van der Waals surface area (Å²) in [5.41, 5.74) is 0.521.